The molecule has 0 aliphatic rings. The zero-order valence-electron chi connectivity index (χ0n) is 21.7. The molecule has 210 valence electrons. The van der Waals surface area contributed by atoms with Crippen molar-refractivity contribution in [2.45, 2.75) is 25.7 Å². The van der Waals surface area contributed by atoms with Crippen LogP contribution >= 0.6 is 0 Å². The minimum absolute atomic E-state index is 0.0683. The third-order valence-corrected chi connectivity index (χ3v) is 5.25. The van der Waals surface area contributed by atoms with Gasteiger partial charge in [-0.25, -0.2) is 0 Å². The number of hydrogen-bond acceptors (Lipinski definition) is 9. The van der Waals surface area contributed by atoms with Gasteiger partial charge in [-0.2, -0.15) is 0 Å². The molecular formula is C22H49N10O4+. The molecule has 0 aliphatic heterocycles. The average molecular weight is 518 g/mol. The van der Waals surface area contributed by atoms with Gasteiger partial charge in [0.05, 0.1) is 13.1 Å². The molecule has 0 rings (SSSR count). The number of amides is 4. The van der Waals surface area contributed by atoms with Gasteiger partial charge in [-0.3, -0.25) is 19.2 Å². The Morgan fingerprint density at radius 3 is 1.03 bits per heavy atom. The van der Waals surface area contributed by atoms with E-state index in [1.54, 1.807) is 0 Å². The van der Waals surface area contributed by atoms with Crippen LogP contribution in [0.2, 0.25) is 0 Å². The highest BCUT2D eigenvalue weighted by molar-refractivity contribution is 5.77. The topological polar surface area (TPSA) is 229 Å². The summed E-state index contributed by atoms with van der Waals surface area (Å²) in [6, 6.07) is 0. The van der Waals surface area contributed by atoms with Gasteiger partial charge < -0.3 is 54.0 Å². The summed E-state index contributed by atoms with van der Waals surface area (Å²) >= 11 is 0. The Labute approximate surface area is 214 Å². The maximum absolute atomic E-state index is 12.1. The second kappa shape index (κ2) is 23.1. The Balaban J connectivity index is 5.00. The normalized spacial score (nSPS) is 10.9. The number of nitrogens with zero attached hydrogens (tertiary/aromatic N) is 2. The molecule has 0 saturated carbocycles. The Morgan fingerprint density at radius 2 is 0.778 bits per heavy atom. The smallest absolute Gasteiger partial charge is 0.221 e. The fraction of sp³-hybridized carbons (Fsp3) is 0.818. The third-order valence-electron chi connectivity index (χ3n) is 5.25. The molecule has 14 nitrogen and oxygen atoms in total. The average Bonchev–Trinajstić information content (AvgIpc) is 2.88. The summed E-state index contributed by atoms with van der Waals surface area (Å²) in [4.78, 5) is 52.3. The van der Waals surface area contributed by atoms with Crippen molar-refractivity contribution in [1.82, 2.24) is 31.1 Å². The van der Waals surface area contributed by atoms with Crippen LogP contribution in [0.4, 0.5) is 0 Å². The van der Waals surface area contributed by atoms with Crippen molar-refractivity contribution in [3.8, 4) is 0 Å². The highest BCUT2D eigenvalue weighted by atomic mass is 16.2. The molecule has 0 unspecified atom stereocenters. The van der Waals surface area contributed by atoms with Crippen molar-refractivity contribution in [2.75, 3.05) is 91.6 Å². The predicted octanol–water partition coefficient (Wildman–Crippen LogP) is -5.27. The van der Waals surface area contributed by atoms with Crippen molar-refractivity contribution < 1.29 is 24.9 Å². The Kier molecular flexibility index (Phi) is 21.6. The lowest BCUT2D eigenvalue weighted by Crippen LogP contribution is -2.55. The molecule has 36 heavy (non-hydrogen) atoms. The minimum Gasteiger partial charge on any atom is -0.356 e. The van der Waals surface area contributed by atoms with Crippen LogP contribution in [0.5, 0.6) is 0 Å². The molecule has 14 heteroatoms. The summed E-state index contributed by atoms with van der Waals surface area (Å²) in [5, 5.41) is 11.1. The first kappa shape index (κ1) is 33.6. The van der Waals surface area contributed by atoms with Gasteiger partial charge in [0.1, 0.15) is 0 Å². The van der Waals surface area contributed by atoms with Gasteiger partial charge in [-0.1, -0.05) is 0 Å². The second-order valence-electron chi connectivity index (χ2n) is 8.30. The van der Waals surface area contributed by atoms with Crippen molar-refractivity contribution in [1.29, 1.82) is 0 Å². The van der Waals surface area contributed by atoms with E-state index in [0.29, 0.717) is 98.0 Å². The number of hydrogen-bond donors (Lipinski definition) is 8. The van der Waals surface area contributed by atoms with Crippen molar-refractivity contribution >= 4 is 23.6 Å². The molecule has 0 saturated heterocycles. The van der Waals surface area contributed by atoms with Crippen molar-refractivity contribution in [3.05, 3.63) is 0 Å². The molecule has 4 amide bonds. The molecule has 0 aliphatic carbocycles. The molecule has 0 radical (unpaired) electrons. The predicted molar refractivity (Wildman–Crippen MR) is 138 cm³/mol. The first-order valence-electron chi connectivity index (χ1n) is 12.8. The number of nitrogens with two attached hydrogens (primary N) is 3. The van der Waals surface area contributed by atoms with E-state index in [4.69, 9.17) is 17.2 Å². The number of carbonyl (C=O) groups excluding carboxylic acids is 4. The first-order chi connectivity index (χ1) is 17.4. The lowest BCUT2D eigenvalue weighted by molar-refractivity contribution is -0.364. The largest absolute Gasteiger partial charge is 0.356 e. The SMILES string of the molecule is NCCNC(=O)CCN(CCC(=O)NCCN)CCN(CCC(=O)NCCN)CCC(=O)NCC[NH3+]. The van der Waals surface area contributed by atoms with Crippen molar-refractivity contribution in [3.63, 3.8) is 0 Å². The molecule has 0 fully saturated rings. The monoisotopic (exact) mass is 517 g/mol. The van der Waals surface area contributed by atoms with Gasteiger partial charge in [-0.05, 0) is 0 Å². The summed E-state index contributed by atoms with van der Waals surface area (Å²) in [6.45, 7) is 6.51. The molecule has 0 bridgehead atoms. The van der Waals surface area contributed by atoms with Gasteiger partial charge in [0.2, 0.25) is 23.6 Å². The highest BCUT2D eigenvalue weighted by Crippen LogP contribution is 2.01. The van der Waals surface area contributed by atoms with Crippen molar-refractivity contribution in [2.24, 2.45) is 17.2 Å². The molecule has 0 spiro atoms. The van der Waals surface area contributed by atoms with Gasteiger partial charge in [0.25, 0.3) is 0 Å². The minimum atomic E-state index is -0.103. The Morgan fingerprint density at radius 1 is 0.500 bits per heavy atom. The first-order valence-corrected chi connectivity index (χ1v) is 12.8. The standard InChI is InChI=1S/C22H48N10O4/c23-5-9-27-19(33)1-13-31(14-2-20(34)28-10-6-24)17-18-32(15-3-21(35)29-11-7-25)16-4-22(36)30-12-8-26/h1-18,23-26H2,(H,27,33)(H,28,34)(H,29,35)(H,30,36)/p+1. The zero-order valence-corrected chi connectivity index (χ0v) is 21.7. The van der Waals surface area contributed by atoms with Crippen LogP contribution in [0, 0.1) is 0 Å². The fourth-order valence-electron chi connectivity index (χ4n) is 3.21. The van der Waals surface area contributed by atoms with E-state index in [1.807, 2.05) is 9.80 Å². The Hall–Kier alpha value is -2.36. The maximum Gasteiger partial charge on any atom is 0.221 e. The van der Waals surface area contributed by atoms with Gasteiger partial charge >= 0.3 is 0 Å². The summed E-state index contributed by atoms with van der Waals surface area (Å²) < 4.78 is 0. The van der Waals surface area contributed by atoms with Crippen LogP contribution in [0.3, 0.4) is 0 Å². The van der Waals surface area contributed by atoms with E-state index < -0.39 is 0 Å². The third kappa shape index (κ3) is 19.9. The zero-order chi connectivity index (χ0) is 27.0. The lowest BCUT2D eigenvalue weighted by Gasteiger charge is -2.27. The molecule has 0 aromatic heterocycles. The summed E-state index contributed by atoms with van der Waals surface area (Å²) in [5.74, 6) is -0.375. The van der Waals surface area contributed by atoms with Gasteiger partial charge in [-0.15, -0.1) is 0 Å². The molecular weight excluding hydrogens is 468 g/mol. The second-order valence-corrected chi connectivity index (χ2v) is 8.30. The number of rotatable bonds is 23. The molecule has 0 atom stereocenters. The van der Waals surface area contributed by atoms with Crippen LogP contribution in [0.1, 0.15) is 25.7 Å². The van der Waals surface area contributed by atoms with E-state index in [1.165, 1.54) is 0 Å². The van der Waals surface area contributed by atoms with Crippen LogP contribution in [-0.2, 0) is 19.2 Å². The van der Waals surface area contributed by atoms with E-state index in [9.17, 15) is 19.2 Å². The van der Waals surface area contributed by atoms with Crippen LogP contribution in [-0.4, -0.2) is 125 Å². The number of nitrogens with one attached hydrogen (secondary N) is 4. The Bertz CT molecular complexity index is 524. The van der Waals surface area contributed by atoms with E-state index in [0.717, 1.165) is 0 Å². The van der Waals surface area contributed by atoms with Crippen LogP contribution < -0.4 is 44.2 Å². The maximum atomic E-state index is 12.1. The molecule has 0 aromatic rings. The van der Waals surface area contributed by atoms with E-state index in [2.05, 4.69) is 27.0 Å². The van der Waals surface area contributed by atoms with Gasteiger partial charge in [0.15, 0.2) is 0 Å². The summed E-state index contributed by atoms with van der Waals surface area (Å²) in [7, 11) is 0. The summed E-state index contributed by atoms with van der Waals surface area (Å²) in [5.41, 5.74) is 20.0. The quantitative estimate of drug-likeness (QED) is 0.0646. The van der Waals surface area contributed by atoms with E-state index >= 15 is 0 Å². The fourth-order valence-corrected chi connectivity index (χ4v) is 3.21. The lowest BCUT2D eigenvalue weighted by atomic mass is 10.2. The molecule has 13 N–H and O–H groups in total. The molecule has 0 aromatic carbocycles. The summed E-state index contributed by atoms with van der Waals surface area (Å²) in [6.07, 6.45) is 1.13. The van der Waals surface area contributed by atoms with E-state index in [-0.39, 0.29) is 42.9 Å². The van der Waals surface area contributed by atoms with Crippen LogP contribution in [0.15, 0.2) is 0 Å². The highest BCUT2D eigenvalue weighted by Gasteiger charge is 2.15. The van der Waals surface area contributed by atoms with Crippen LogP contribution in [0.25, 0.3) is 0 Å². The number of carbonyl (C=O) groups is 4. The molecule has 0 heterocycles. The number of quaternary nitrogens is 1. The van der Waals surface area contributed by atoms with Gasteiger partial charge in [0, 0.05) is 104 Å².